The molecule has 2 rings (SSSR count). The molecular formula is C10H11NO2. The highest BCUT2D eigenvalue weighted by molar-refractivity contribution is 5.80. The zero-order chi connectivity index (χ0) is 9.68. The second kappa shape index (κ2) is 4.30. The topological polar surface area (TPSA) is 53.1 Å². The van der Waals surface area contributed by atoms with Gasteiger partial charge in [0.2, 0.25) is 0 Å². The van der Waals surface area contributed by atoms with Crippen molar-refractivity contribution < 1.29 is 9.90 Å². The van der Waals surface area contributed by atoms with Crippen LogP contribution in [0.15, 0.2) is 30.3 Å². The van der Waals surface area contributed by atoms with Crippen LogP contribution in [-0.4, -0.2) is 16.4 Å². The van der Waals surface area contributed by atoms with Crippen LogP contribution in [0.5, 0.6) is 5.88 Å². The summed E-state index contributed by atoms with van der Waals surface area (Å²) in [6.07, 6.45) is 0.750. The van der Waals surface area contributed by atoms with E-state index in [1.807, 2.05) is 24.3 Å². The molecule has 3 nitrogen and oxygen atoms in total. The predicted molar refractivity (Wildman–Crippen MR) is 51.7 cm³/mol. The lowest BCUT2D eigenvalue weighted by molar-refractivity contribution is -0.106. The number of nitrogens with one attached hydrogen (secondary N) is 1. The monoisotopic (exact) mass is 177 g/mol. The van der Waals surface area contributed by atoms with Gasteiger partial charge in [-0.1, -0.05) is 18.2 Å². The first kappa shape index (κ1) is 9.32. The van der Waals surface area contributed by atoms with Crippen molar-refractivity contribution >= 4 is 17.2 Å². The fraction of sp³-hybridized carbons (Fsp3) is 0.100. The van der Waals surface area contributed by atoms with Crippen LogP contribution in [0, 0.1) is 0 Å². The Labute approximate surface area is 76.0 Å². The van der Waals surface area contributed by atoms with E-state index < -0.39 is 0 Å². The number of rotatable bonds is 0. The summed E-state index contributed by atoms with van der Waals surface area (Å²) < 4.78 is 0. The van der Waals surface area contributed by atoms with Crippen molar-refractivity contribution in [3.05, 3.63) is 30.3 Å². The highest BCUT2D eigenvalue weighted by Gasteiger charge is 1.94. The number of aromatic nitrogens is 1. The Morgan fingerprint density at radius 2 is 2.00 bits per heavy atom. The van der Waals surface area contributed by atoms with Gasteiger partial charge in [0.25, 0.3) is 0 Å². The molecule has 0 unspecified atom stereocenters. The summed E-state index contributed by atoms with van der Waals surface area (Å²) in [5.74, 6) is 0.223. The molecule has 0 spiro atoms. The SMILES string of the molecule is CC=O.Oc1cc2ccccc2[nH]1. The fourth-order valence-electron chi connectivity index (χ4n) is 1.06. The minimum atomic E-state index is 0.223. The highest BCUT2D eigenvalue weighted by Crippen LogP contribution is 2.17. The van der Waals surface area contributed by atoms with E-state index in [2.05, 4.69) is 4.98 Å². The first-order chi connectivity index (χ1) is 6.27. The van der Waals surface area contributed by atoms with Crippen molar-refractivity contribution in [1.82, 2.24) is 4.98 Å². The Morgan fingerprint density at radius 3 is 2.62 bits per heavy atom. The summed E-state index contributed by atoms with van der Waals surface area (Å²) in [5.41, 5.74) is 0.972. The van der Waals surface area contributed by atoms with E-state index in [0.29, 0.717) is 0 Å². The van der Waals surface area contributed by atoms with Gasteiger partial charge in [0.15, 0.2) is 5.88 Å². The summed E-state index contributed by atoms with van der Waals surface area (Å²) in [5, 5.41) is 10.0. The van der Waals surface area contributed by atoms with Gasteiger partial charge in [-0.15, -0.1) is 0 Å². The van der Waals surface area contributed by atoms with Crippen LogP contribution in [0.1, 0.15) is 6.92 Å². The number of carbonyl (C=O) groups excluding carboxylic acids is 1. The number of H-pyrrole nitrogens is 1. The van der Waals surface area contributed by atoms with Gasteiger partial charge in [0, 0.05) is 17.0 Å². The molecule has 0 radical (unpaired) electrons. The molecule has 0 atom stereocenters. The largest absolute Gasteiger partial charge is 0.495 e. The van der Waals surface area contributed by atoms with Crippen molar-refractivity contribution in [3.8, 4) is 5.88 Å². The lowest BCUT2D eigenvalue weighted by Crippen LogP contribution is -1.62. The molecule has 1 aromatic carbocycles. The van der Waals surface area contributed by atoms with Crippen LogP contribution < -0.4 is 0 Å². The number of aldehydes is 1. The molecule has 2 N–H and O–H groups in total. The number of aromatic amines is 1. The predicted octanol–water partition coefficient (Wildman–Crippen LogP) is 2.08. The van der Waals surface area contributed by atoms with Crippen molar-refractivity contribution in [2.45, 2.75) is 6.92 Å². The number of para-hydroxylation sites is 1. The third kappa shape index (κ3) is 2.33. The van der Waals surface area contributed by atoms with Gasteiger partial charge in [0.1, 0.15) is 6.29 Å². The Bertz CT molecular complexity index is 359. The van der Waals surface area contributed by atoms with Gasteiger partial charge in [-0.2, -0.15) is 0 Å². The zero-order valence-electron chi connectivity index (χ0n) is 7.32. The van der Waals surface area contributed by atoms with Gasteiger partial charge in [-0.05, 0) is 13.0 Å². The lowest BCUT2D eigenvalue weighted by atomic mass is 10.3. The molecule has 3 heteroatoms. The van der Waals surface area contributed by atoms with E-state index in [1.54, 1.807) is 6.07 Å². The summed E-state index contributed by atoms with van der Waals surface area (Å²) in [4.78, 5) is 11.6. The molecule has 1 aromatic heterocycles. The summed E-state index contributed by atoms with van der Waals surface area (Å²) in [7, 11) is 0. The van der Waals surface area contributed by atoms with E-state index in [-0.39, 0.29) is 5.88 Å². The third-order valence-corrected chi connectivity index (χ3v) is 1.52. The number of hydrogen-bond donors (Lipinski definition) is 2. The number of hydrogen-bond acceptors (Lipinski definition) is 2. The van der Waals surface area contributed by atoms with Crippen LogP contribution in [0.3, 0.4) is 0 Å². The van der Waals surface area contributed by atoms with Crippen molar-refractivity contribution in [1.29, 1.82) is 0 Å². The van der Waals surface area contributed by atoms with Crippen molar-refractivity contribution in [2.75, 3.05) is 0 Å². The average molecular weight is 177 g/mol. The van der Waals surface area contributed by atoms with E-state index in [4.69, 9.17) is 9.90 Å². The standard InChI is InChI=1S/C8H7NO.C2H4O/c10-8-5-6-3-1-2-4-7(6)9-8;1-2-3/h1-5,9-10H;2H,1H3. The molecule has 0 aliphatic rings. The second-order valence-corrected chi connectivity index (χ2v) is 2.48. The first-order valence-corrected chi connectivity index (χ1v) is 3.94. The van der Waals surface area contributed by atoms with Gasteiger partial charge < -0.3 is 14.9 Å². The van der Waals surface area contributed by atoms with Crippen molar-refractivity contribution in [2.24, 2.45) is 0 Å². The van der Waals surface area contributed by atoms with Crippen LogP contribution in [0.4, 0.5) is 0 Å². The number of benzene rings is 1. The third-order valence-electron chi connectivity index (χ3n) is 1.52. The van der Waals surface area contributed by atoms with Crippen LogP contribution in [0.2, 0.25) is 0 Å². The van der Waals surface area contributed by atoms with Crippen LogP contribution >= 0.6 is 0 Å². The highest BCUT2D eigenvalue weighted by atomic mass is 16.3. The lowest BCUT2D eigenvalue weighted by Gasteiger charge is -1.83. The first-order valence-electron chi connectivity index (χ1n) is 3.94. The van der Waals surface area contributed by atoms with E-state index in [9.17, 15) is 0 Å². The molecule has 1 heterocycles. The van der Waals surface area contributed by atoms with E-state index in [0.717, 1.165) is 17.2 Å². The molecule has 0 aliphatic heterocycles. The molecule has 0 bridgehead atoms. The molecule has 0 fully saturated rings. The summed E-state index contributed by atoms with van der Waals surface area (Å²) in [6, 6.07) is 9.45. The van der Waals surface area contributed by atoms with Crippen molar-refractivity contribution in [3.63, 3.8) is 0 Å². The number of aromatic hydroxyl groups is 1. The van der Waals surface area contributed by atoms with Gasteiger partial charge in [-0.3, -0.25) is 0 Å². The van der Waals surface area contributed by atoms with Gasteiger partial charge >= 0.3 is 0 Å². The minimum Gasteiger partial charge on any atom is -0.495 e. The quantitative estimate of drug-likeness (QED) is 0.605. The normalized spacial score (nSPS) is 9.00. The van der Waals surface area contributed by atoms with Gasteiger partial charge in [-0.25, -0.2) is 0 Å². The molecular weight excluding hydrogens is 166 g/mol. The number of carbonyl (C=O) groups is 1. The molecule has 2 aromatic rings. The second-order valence-electron chi connectivity index (χ2n) is 2.48. The Balaban J connectivity index is 0.000000251. The maximum Gasteiger partial charge on any atom is 0.189 e. The molecule has 0 amide bonds. The minimum absolute atomic E-state index is 0.223. The average Bonchev–Trinajstić information content (AvgIpc) is 2.45. The van der Waals surface area contributed by atoms with Crippen LogP contribution in [0.25, 0.3) is 10.9 Å². The molecule has 13 heavy (non-hydrogen) atoms. The number of fused-ring (bicyclic) bond motifs is 1. The van der Waals surface area contributed by atoms with E-state index >= 15 is 0 Å². The molecule has 0 saturated heterocycles. The maximum atomic E-state index is 9.00. The Hall–Kier alpha value is -1.77. The maximum absolute atomic E-state index is 9.00. The van der Waals surface area contributed by atoms with E-state index in [1.165, 1.54) is 6.92 Å². The molecule has 0 aliphatic carbocycles. The Morgan fingerprint density at radius 1 is 1.38 bits per heavy atom. The molecule has 68 valence electrons. The van der Waals surface area contributed by atoms with Crippen LogP contribution in [-0.2, 0) is 4.79 Å². The smallest absolute Gasteiger partial charge is 0.189 e. The molecule has 0 saturated carbocycles. The zero-order valence-corrected chi connectivity index (χ0v) is 7.32. The Kier molecular flexibility index (Phi) is 3.09. The van der Waals surface area contributed by atoms with Gasteiger partial charge in [0.05, 0.1) is 0 Å². The summed E-state index contributed by atoms with van der Waals surface area (Å²) in [6.45, 7) is 1.44. The summed E-state index contributed by atoms with van der Waals surface area (Å²) >= 11 is 0. The fourth-order valence-corrected chi connectivity index (χ4v) is 1.06.